The Labute approximate surface area is 117 Å². The van der Waals surface area contributed by atoms with Crippen LogP contribution in [0.1, 0.15) is 5.56 Å². The zero-order valence-electron chi connectivity index (χ0n) is 10.4. The molecule has 0 aromatic carbocycles. The molecule has 2 rings (SSSR count). The van der Waals surface area contributed by atoms with Gasteiger partial charge in [-0.25, -0.2) is 4.98 Å². The molecule has 18 heavy (non-hydrogen) atoms. The Morgan fingerprint density at radius 2 is 1.94 bits per heavy atom. The number of nitrogens with zero attached hydrogens (tertiary/aromatic N) is 2. The first-order valence-electron chi connectivity index (χ1n) is 5.70. The number of methoxy groups -OCH3 is 2. The SMILES string of the molecule is COC1CN(c2ncc(CCl)cc2Cl)CC1OC. The van der Waals surface area contributed by atoms with E-state index in [0.717, 1.165) is 24.5 Å². The maximum Gasteiger partial charge on any atom is 0.147 e. The van der Waals surface area contributed by atoms with Crippen molar-refractivity contribution in [1.82, 2.24) is 4.98 Å². The van der Waals surface area contributed by atoms with Crippen LogP contribution in [0.25, 0.3) is 0 Å². The number of rotatable bonds is 4. The summed E-state index contributed by atoms with van der Waals surface area (Å²) in [5, 5.41) is 0.611. The van der Waals surface area contributed by atoms with Gasteiger partial charge in [0.2, 0.25) is 0 Å². The predicted molar refractivity (Wildman–Crippen MR) is 72.6 cm³/mol. The maximum absolute atomic E-state index is 6.23. The van der Waals surface area contributed by atoms with Gasteiger partial charge in [0, 0.05) is 39.4 Å². The Morgan fingerprint density at radius 3 is 2.39 bits per heavy atom. The molecule has 0 saturated carbocycles. The normalized spacial score (nSPS) is 23.7. The van der Waals surface area contributed by atoms with Gasteiger partial charge >= 0.3 is 0 Å². The van der Waals surface area contributed by atoms with Gasteiger partial charge in [0.25, 0.3) is 0 Å². The van der Waals surface area contributed by atoms with Gasteiger partial charge < -0.3 is 14.4 Å². The molecule has 0 radical (unpaired) electrons. The summed E-state index contributed by atoms with van der Waals surface area (Å²) in [6.45, 7) is 1.45. The summed E-state index contributed by atoms with van der Waals surface area (Å²) < 4.78 is 10.8. The van der Waals surface area contributed by atoms with Crippen LogP contribution in [0, 0.1) is 0 Å². The van der Waals surface area contributed by atoms with E-state index in [9.17, 15) is 0 Å². The van der Waals surface area contributed by atoms with E-state index in [-0.39, 0.29) is 12.2 Å². The first-order valence-corrected chi connectivity index (χ1v) is 6.61. The van der Waals surface area contributed by atoms with E-state index in [1.165, 1.54) is 0 Å². The van der Waals surface area contributed by atoms with Crippen LogP contribution in [0.2, 0.25) is 5.02 Å². The molecule has 1 fully saturated rings. The lowest BCUT2D eigenvalue weighted by Gasteiger charge is -2.18. The van der Waals surface area contributed by atoms with Gasteiger partial charge in [0.15, 0.2) is 0 Å². The zero-order valence-corrected chi connectivity index (χ0v) is 11.9. The predicted octanol–water partition coefficient (Wildman–Crippen LogP) is 2.32. The van der Waals surface area contributed by atoms with E-state index >= 15 is 0 Å². The molecule has 0 amide bonds. The van der Waals surface area contributed by atoms with Crippen molar-refractivity contribution in [3.8, 4) is 0 Å². The van der Waals surface area contributed by atoms with Crippen molar-refractivity contribution in [3.63, 3.8) is 0 Å². The monoisotopic (exact) mass is 290 g/mol. The molecule has 1 aromatic heterocycles. The summed E-state index contributed by atoms with van der Waals surface area (Å²) in [7, 11) is 3.37. The zero-order chi connectivity index (χ0) is 13.1. The van der Waals surface area contributed by atoms with Gasteiger partial charge in [-0.1, -0.05) is 11.6 Å². The summed E-state index contributed by atoms with van der Waals surface area (Å²) in [5.41, 5.74) is 0.913. The number of halogens is 2. The lowest BCUT2D eigenvalue weighted by atomic mass is 10.3. The largest absolute Gasteiger partial charge is 0.377 e. The molecular weight excluding hydrogens is 275 g/mol. The Balaban J connectivity index is 2.18. The Hall–Kier alpha value is -0.550. The lowest BCUT2D eigenvalue weighted by molar-refractivity contribution is -0.00461. The minimum absolute atomic E-state index is 0.0422. The molecule has 0 spiro atoms. The fraction of sp³-hybridized carbons (Fsp3) is 0.583. The summed E-state index contributed by atoms with van der Waals surface area (Å²) in [5.74, 6) is 1.17. The van der Waals surface area contributed by atoms with Gasteiger partial charge in [-0.05, 0) is 11.6 Å². The molecule has 2 atom stereocenters. The van der Waals surface area contributed by atoms with Gasteiger partial charge in [0.05, 0.1) is 5.02 Å². The van der Waals surface area contributed by atoms with Crippen LogP contribution in [0.4, 0.5) is 5.82 Å². The third-order valence-electron chi connectivity index (χ3n) is 3.15. The molecular formula is C12H16Cl2N2O2. The van der Waals surface area contributed by atoms with Gasteiger partial charge in [-0.2, -0.15) is 0 Å². The summed E-state index contributed by atoms with van der Waals surface area (Å²) >= 11 is 12.0. The van der Waals surface area contributed by atoms with E-state index in [4.69, 9.17) is 32.7 Å². The molecule has 0 aliphatic carbocycles. The second-order valence-electron chi connectivity index (χ2n) is 4.24. The second-order valence-corrected chi connectivity index (χ2v) is 4.91. The van der Waals surface area contributed by atoms with Crippen molar-refractivity contribution in [2.75, 3.05) is 32.2 Å². The van der Waals surface area contributed by atoms with E-state index in [1.54, 1.807) is 20.4 Å². The second kappa shape index (κ2) is 6.06. The minimum atomic E-state index is 0.0422. The van der Waals surface area contributed by atoms with Crippen LogP contribution in [-0.2, 0) is 15.4 Å². The number of hydrogen-bond acceptors (Lipinski definition) is 4. The average Bonchev–Trinajstić information content (AvgIpc) is 2.81. The molecule has 100 valence electrons. The highest BCUT2D eigenvalue weighted by atomic mass is 35.5. The molecule has 1 aliphatic rings. The van der Waals surface area contributed by atoms with Crippen LogP contribution >= 0.6 is 23.2 Å². The molecule has 2 heterocycles. The maximum atomic E-state index is 6.23. The summed E-state index contributed by atoms with van der Waals surface area (Å²) in [6, 6.07) is 1.85. The first kappa shape index (κ1) is 13.9. The quantitative estimate of drug-likeness (QED) is 0.797. The highest BCUT2D eigenvalue weighted by molar-refractivity contribution is 6.33. The highest BCUT2D eigenvalue weighted by Gasteiger charge is 2.34. The van der Waals surface area contributed by atoms with Crippen molar-refractivity contribution in [1.29, 1.82) is 0 Å². The van der Waals surface area contributed by atoms with Gasteiger partial charge in [0.1, 0.15) is 18.0 Å². The lowest BCUT2D eigenvalue weighted by Crippen LogP contribution is -2.27. The van der Waals surface area contributed by atoms with Crippen LogP contribution in [0.15, 0.2) is 12.3 Å². The van der Waals surface area contributed by atoms with Crippen LogP contribution in [-0.4, -0.2) is 44.5 Å². The van der Waals surface area contributed by atoms with E-state index in [0.29, 0.717) is 10.9 Å². The summed E-state index contributed by atoms with van der Waals surface area (Å²) in [4.78, 5) is 6.44. The third kappa shape index (κ3) is 2.72. The van der Waals surface area contributed by atoms with Crippen LogP contribution in [0.5, 0.6) is 0 Å². The number of aromatic nitrogens is 1. The Bertz CT molecular complexity index is 405. The van der Waals surface area contributed by atoms with E-state index in [1.807, 2.05) is 6.07 Å². The number of ether oxygens (including phenoxy) is 2. The van der Waals surface area contributed by atoms with Crippen molar-refractivity contribution >= 4 is 29.0 Å². The Morgan fingerprint density at radius 1 is 1.33 bits per heavy atom. The molecule has 1 aromatic rings. The van der Waals surface area contributed by atoms with Crippen molar-refractivity contribution in [3.05, 3.63) is 22.8 Å². The Kier molecular flexibility index (Phi) is 4.67. The standard InChI is InChI=1S/C12H16Cl2N2O2/c1-17-10-6-16(7-11(10)18-2)12-9(14)3-8(4-13)5-15-12/h3,5,10-11H,4,6-7H2,1-2H3. The van der Waals surface area contributed by atoms with Crippen molar-refractivity contribution in [2.45, 2.75) is 18.1 Å². The molecule has 1 aliphatic heterocycles. The first-order chi connectivity index (χ1) is 8.69. The smallest absolute Gasteiger partial charge is 0.147 e. The fourth-order valence-corrected chi connectivity index (χ4v) is 2.60. The van der Waals surface area contributed by atoms with Gasteiger partial charge in [-0.15, -0.1) is 11.6 Å². The molecule has 2 unspecified atom stereocenters. The van der Waals surface area contributed by atoms with Crippen molar-refractivity contribution in [2.24, 2.45) is 0 Å². The molecule has 4 nitrogen and oxygen atoms in total. The molecule has 0 N–H and O–H groups in total. The topological polar surface area (TPSA) is 34.6 Å². The minimum Gasteiger partial charge on any atom is -0.377 e. The third-order valence-corrected chi connectivity index (χ3v) is 3.74. The summed E-state index contributed by atoms with van der Waals surface area (Å²) in [6.07, 6.45) is 1.83. The van der Waals surface area contributed by atoms with Crippen LogP contribution < -0.4 is 4.90 Å². The number of anilines is 1. The highest BCUT2D eigenvalue weighted by Crippen LogP contribution is 2.29. The van der Waals surface area contributed by atoms with Crippen LogP contribution in [0.3, 0.4) is 0 Å². The molecule has 6 heteroatoms. The number of alkyl halides is 1. The fourth-order valence-electron chi connectivity index (χ4n) is 2.15. The number of pyridine rings is 1. The van der Waals surface area contributed by atoms with Gasteiger partial charge in [-0.3, -0.25) is 0 Å². The van der Waals surface area contributed by atoms with Crippen molar-refractivity contribution < 1.29 is 9.47 Å². The van der Waals surface area contributed by atoms with E-state index < -0.39 is 0 Å². The molecule has 0 bridgehead atoms. The van der Waals surface area contributed by atoms with E-state index in [2.05, 4.69) is 9.88 Å². The average molecular weight is 291 g/mol. The molecule has 1 saturated heterocycles. The number of hydrogen-bond donors (Lipinski definition) is 0.